The summed E-state index contributed by atoms with van der Waals surface area (Å²) in [5.41, 5.74) is -2.02. The van der Waals surface area contributed by atoms with E-state index in [4.69, 9.17) is 0 Å². The van der Waals surface area contributed by atoms with Crippen LogP contribution in [-0.4, -0.2) is 21.4 Å². The van der Waals surface area contributed by atoms with Crippen molar-refractivity contribution in [3.8, 4) is 23.7 Å². The molecule has 2 N–H and O–H groups in total. The van der Waals surface area contributed by atoms with Gasteiger partial charge in [-0.25, -0.2) is 0 Å². The zero-order chi connectivity index (χ0) is 12.1. The predicted molar refractivity (Wildman–Crippen MR) is 64.5 cm³/mol. The SMILES string of the molecule is CC1(O)C#CCCCCC#CC(C)(O)CC1. The molecule has 0 bridgehead atoms. The van der Waals surface area contributed by atoms with Gasteiger partial charge in [-0.05, 0) is 39.5 Å². The summed E-state index contributed by atoms with van der Waals surface area (Å²) in [5, 5.41) is 19.9. The van der Waals surface area contributed by atoms with Crippen LogP contribution in [0, 0.1) is 23.7 Å². The van der Waals surface area contributed by atoms with Gasteiger partial charge in [-0.2, -0.15) is 0 Å². The number of rotatable bonds is 0. The molecule has 2 heteroatoms. The lowest BCUT2D eigenvalue weighted by atomic mass is 9.91. The van der Waals surface area contributed by atoms with E-state index < -0.39 is 11.2 Å². The fraction of sp³-hybridized carbons (Fsp3) is 0.714. The molecule has 0 heterocycles. The molecule has 0 aromatic heterocycles. The van der Waals surface area contributed by atoms with Crippen LogP contribution in [0.15, 0.2) is 0 Å². The summed E-state index contributed by atoms with van der Waals surface area (Å²) in [6, 6.07) is 0. The van der Waals surface area contributed by atoms with Crippen molar-refractivity contribution in [3.63, 3.8) is 0 Å². The molecule has 88 valence electrons. The lowest BCUT2D eigenvalue weighted by molar-refractivity contribution is 0.0581. The van der Waals surface area contributed by atoms with E-state index in [-0.39, 0.29) is 0 Å². The van der Waals surface area contributed by atoms with Gasteiger partial charge < -0.3 is 10.2 Å². The quantitative estimate of drug-likeness (QED) is 0.612. The molecule has 0 fully saturated rings. The van der Waals surface area contributed by atoms with E-state index in [2.05, 4.69) is 23.7 Å². The van der Waals surface area contributed by atoms with E-state index in [1.165, 1.54) is 0 Å². The molecule has 0 aromatic carbocycles. The van der Waals surface area contributed by atoms with Crippen LogP contribution in [0.25, 0.3) is 0 Å². The van der Waals surface area contributed by atoms with Crippen LogP contribution in [0.1, 0.15) is 52.4 Å². The molecule has 0 saturated carbocycles. The Hall–Kier alpha value is -0.960. The topological polar surface area (TPSA) is 40.5 Å². The van der Waals surface area contributed by atoms with Crippen LogP contribution in [0.3, 0.4) is 0 Å². The fourth-order valence-electron chi connectivity index (χ4n) is 1.54. The lowest BCUT2D eigenvalue weighted by Gasteiger charge is -2.22. The molecule has 2 atom stereocenters. The van der Waals surface area contributed by atoms with E-state index >= 15 is 0 Å². The summed E-state index contributed by atoms with van der Waals surface area (Å²) < 4.78 is 0. The van der Waals surface area contributed by atoms with Gasteiger partial charge in [-0.1, -0.05) is 11.8 Å². The molecule has 1 aliphatic carbocycles. The maximum atomic E-state index is 9.96. The average molecular weight is 220 g/mol. The smallest absolute Gasteiger partial charge is 0.122 e. The second-order valence-corrected chi connectivity index (χ2v) is 4.86. The van der Waals surface area contributed by atoms with Crippen LogP contribution >= 0.6 is 0 Å². The molecule has 1 aliphatic rings. The number of aliphatic hydroxyl groups is 2. The number of hydrogen-bond donors (Lipinski definition) is 2. The molecule has 16 heavy (non-hydrogen) atoms. The Kier molecular flexibility index (Phi) is 4.42. The summed E-state index contributed by atoms with van der Waals surface area (Å²) in [5.74, 6) is 11.7. The van der Waals surface area contributed by atoms with Crippen LogP contribution < -0.4 is 0 Å². The third-order valence-corrected chi connectivity index (χ3v) is 2.67. The van der Waals surface area contributed by atoms with Crippen LogP contribution in [0.5, 0.6) is 0 Å². The highest BCUT2D eigenvalue weighted by Gasteiger charge is 2.24. The normalized spacial score (nSPS) is 35.8. The second kappa shape index (κ2) is 5.39. The maximum Gasteiger partial charge on any atom is 0.122 e. The first kappa shape index (κ1) is 13.1. The fourth-order valence-corrected chi connectivity index (χ4v) is 1.54. The Labute approximate surface area is 98.1 Å². The van der Waals surface area contributed by atoms with Gasteiger partial charge in [0, 0.05) is 12.8 Å². The molecule has 0 aromatic rings. The van der Waals surface area contributed by atoms with Gasteiger partial charge in [0.05, 0.1) is 0 Å². The summed E-state index contributed by atoms with van der Waals surface area (Å²) in [7, 11) is 0. The van der Waals surface area contributed by atoms with Crippen LogP contribution in [0.4, 0.5) is 0 Å². The van der Waals surface area contributed by atoms with Crippen molar-refractivity contribution in [2.45, 2.75) is 63.6 Å². The maximum absolute atomic E-state index is 9.96. The van der Waals surface area contributed by atoms with Gasteiger partial charge in [-0.3, -0.25) is 0 Å². The Morgan fingerprint density at radius 2 is 1.19 bits per heavy atom. The molecular weight excluding hydrogens is 200 g/mol. The van der Waals surface area contributed by atoms with Gasteiger partial charge in [-0.15, -0.1) is 11.8 Å². The van der Waals surface area contributed by atoms with Crippen molar-refractivity contribution < 1.29 is 10.2 Å². The summed E-state index contributed by atoms with van der Waals surface area (Å²) >= 11 is 0. The predicted octanol–water partition coefficient (Wildman–Crippen LogP) is 1.85. The van der Waals surface area contributed by atoms with E-state index in [0.717, 1.165) is 25.7 Å². The Balaban J connectivity index is 2.73. The molecular formula is C14H20O2. The average Bonchev–Trinajstić information content (AvgIpc) is 2.18. The second-order valence-electron chi connectivity index (χ2n) is 4.86. The van der Waals surface area contributed by atoms with Crippen molar-refractivity contribution in [1.29, 1.82) is 0 Å². The third-order valence-electron chi connectivity index (χ3n) is 2.67. The lowest BCUT2D eigenvalue weighted by Crippen LogP contribution is -2.29. The Morgan fingerprint density at radius 3 is 1.56 bits per heavy atom. The Bertz CT molecular complexity index is 308. The van der Waals surface area contributed by atoms with E-state index in [0.29, 0.717) is 12.8 Å². The summed E-state index contributed by atoms with van der Waals surface area (Å²) in [6.45, 7) is 3.38. The minimum absolute atomic E-state index is 0.446. The Morgan fingerprint density at radius 1 is 0.812 bits per heavy atom. The van der Waals surface area contributed by atoms with Crippen molar-refractivity contribution in [2.75, 3.05) is 0 Å². The molecule has 0 radical (unpaired) electrons. The first-order valence-electron chi connectivity index (χ1n) is 5.86. The van der Waals surface area contributed by atoms with Gasteiger partial charge in [0.2, 0.25) is 0 Å². The molecule has 0 amide bonds. The summed E-state index contributed by atoms with van der Waals surface area (Å²) in [6.07, 6.45) is 4.52. The monoisotopic (exact) mass is 220 g/mol. The van der Waals surface area contributed by atoms with Crippen molar-refractivity contribution in [2.24, 2.45) is 0 Å². The van der Waals surface area contributed by atoms with E-state index in [1.54, 1.807) is 13.8 Å². The van der Waals surface area contributed by atoms with E-state index in [9.17, 15) is 10.2 Å². The minimum Gasteiger partial charge on any atom is -0.378 e. The molecule has 0 aliphatic heterocycles. The first-order chi connectivity index (χ1) is 7.41. The van der Waals surface area contributed by atoms with Crippen LogP contribution in [0.2, 0.25) is 0 Å². The highest BCUT2D eigenvalue weighted by molar-refractivity contribution is 5.16. The van der Waals surface area contributed by atoms with Gasteiger partial charge in [0.15, 0.2) is 0 Å². The highest BCUT2D eigenvalue weighted by Crippen LogP contribution is 2.19. The standard InChI is InChI=1S/C14H20O2/c1-13(15)9-7-5-3-4-6-8-10-14(2,16)12-11-13/h15-16H,3-6,11-12H2,1-2H3. The zero-order valence-corrected chi connectivity index (χ0v) is 10.1. The molecule has 0 saturated heterocycles. The molecule has 2 unspecified atom stereocenters. The van der Waals surface area contributed by atoms with Gasteiger partial charge >= 0.3 is 0 Å². The summed E-state index contributed by atoms with van der Waals surface area (Å²) in [4.78, 5) is 0. The van der Waals surface area contributed by atoms with Crippen molar-refractivity contribution in [1.82, 2.24) is 0 Å². The third kappa shape index (κ3) is 5.21. The minimum atomic E-state index is -1.01. The zero-order valence-electron chi connectivity index (χ0n) is 10.1. The highest BCUT2D eigenvalue weighted by atomic mass is 16.3. The van der Waals surface area contributed by atoms with Crippen LogP contribution in [-0.2, 0) is 0 Å². The molecule has 1 rings (SSSR count). The van der Waals surface area contributed by atoms with Gasteiger partial charge in [0.25, 0.3) is 0 Å². The molecule has 0 spiro atoms. The first-order valence-corrected chi connectivity index (χ1v) is 5.86. The van der Waals surface area contributed by atoms with Gasteiger partial charge in [0.1, 0.15) is 11.2 Å². The van der Waals surface area contributed by atoms with Crippen molar-refractivity contribution in [3.05, 3.63) is 0 Å². The van der Waals surface area contributed by atoms with Crippen molar-refractivity contribution >= 4 is 0 Å². The largest absolute Gasteiger partial charge is 0.378 e. The number of hydrogen-bond acceptors (Lipinski definition) is 2. The van der Waals surface area contributed by atoms with E-state index in [1.807, 2.05) is 0 Å². The molecule has 2 nitrogen and oxygen atoms in total.